The fourth-order valence-electron chi connectivity index (χ4n) is 4.40. The highest BCUT2D eigenvalue weighted by molar-refractivity contribution is 5.79. The molecule has 4 rings (SSSR count). The molecule has 0 unspecified atom stereocenters. The third-order valence-corrected chi connectivity index (χ3v) is 6.43. The van der Waals surface area contributed by atoms with Gasteiger partial charge in [-0.1, -0.05) is 60.7 Å². The standard InChI is InChI=1S/C32H32N2O6/c1-37-28-15-11-24(12-16-28)32(23-7-4-3-5-8-23,25-13-17-29(38-2)18-14-25)40-22-27-10-6-9-26(34-27)21-39-31(36)20-19-30(33)35/h3-18H,19-22H2,1-2H3,(H2,33,35). The van der Waals surface area contributed by atoms with Crippen LogP contribution < -0.4 is 15.2 Å². The average Bonchev–Trinajstić information content (AvgIpc) is 3.00. The normalized spacial score (nSPS) is 11.1. The first-order valence-electron chi connectivity index (χ1n) is 12.8. The minimum atomic E-state index is -0.987. The molecule has 1 aromatic heterocycles. The molecule has 0 aliphatic carbocycles. The van der Waals surface area contributed by atoms with Crippen molar-refractivity contribution in [3.8, 4) is 11.5 Å². The minimum Gasteiger partial charge on any atom is -0.497 e. The molecule has 0 saturated heterocycles. The van der Waals surface area contributed by atoms with E-state index in [0.29, 0.717) is 11.4 Å². The quantitative estimate of drug-likeness (QED) is 0.189. The van der Waals surface area contributed by atoms with Crippen molar-refractivity contribution in [1.82, 2.24) is 4.98 Å². The van der Waals surface area contributed by atoms with Crippen LogP contribution in [0.15, 0.2) is 97.1 Å². The molecule has 1 heterocycles. The second-order valence-electron chi connectivity index (χ2n) is 9.04. The van der Waals surface area contributed by atoms with Crippen LogP contribution in [0.1, 0.15) is 40.9 Å². The van der Waals surface area contributed by atoms with Gasteiger partial charge >= 0.3 is 5.97 Å². The SMILES string of the molecule is COc1ccc(C(OCc2cccc(COC(=O)CCC(N)=O)n2)(c2ccccc2)c2ccc(OC)cc2)cc1. The summed E-state index contributed by atoms with van der Waals surface area (Å²) in [4.78, 5) is 27.5. The molecule has 1 amide bonds. The predicted molar refractivity (Wildman–Crippen MR) is 150 cm³/mol. The Labute approximate surface area is 233 Å². The number of rotatable bonds is 13. The van der Waals surface area contributed by atoms with E-state index in [1.807, 2.05) is 91.0 Å². The van der Waals surface area contributed by atoms with Crippen LogP contribution in [0.2, 0.25) is 0 Å². The summed E-state index contributed by atoms with van der Waals surface area (Å²) in [6.07, 6.45) is -0.125. The van der Waals surface area contributed by atoms with Gasteiger partial charge in [0.05, 0.1) is 38.6 Å². The zero-order chi connectivity index (χ0) is 28.4. The third-order valence-electron chi connectivity index (χ3n) is 6.43. The smallest absolute Gasteiger partial charge is 0.306 e. The lowest BCUT2D eigenvalue weighted by molar-refractivity contribution is -0.146. The Morgan fingerprint density at radius 3 is 1.73 bits per heavy atom. The van der Waals surface area contributed by atoms with Gasteiger partial charge in [0.1, 0.15) is 23.7 Å². The molecule has 40 heavy (non-hydrogen) atoms. The van der Waals surface area contributed by atoms with E-state index in [2.05, 4.69) is 4.98 Å². The van der Waals surface area contributed by atoms with E-state index in [9.17, 15) is 9.59 Å². The van der Waals surface area contributed by atoms with Crippen LogP contribution >= 0.6 is 0 Å². The summed E-state index contributed by atoms with van der Waals surface area (Å²) in [5, 5.41) is 0. The van der Waals surface area contributed by atoms with E-state index in [1.165, 1.54) is 0 Å². The van der Waals surface area contributed by atoms with Gasteiger partial charge in [-0.2, -0.15) is 0 Å². The van der Waals surface area contributed by atoms with Gasteiger partial charge in [0, 0.05) is 6.42 Å². The molecule has 8 heteroatoms. The van der Waals surface area contributed by atoms with Crippen LogP contribution in [0.25, 0.3) is 0 Å². The van der Waals surface area contributed by atoms with Gasteiger partial charge < -0.3 is 24.7 Å². The first-order valence-corrected chi connectivity index (χ1v) is 12.8. The summed E-state index contributed by atoms with van der Waals surface area (Å²) in [5.74, 6) is 0.412. The molecule has 0 aliphatic rings. The number of amides is 1. The fraction of sp³-hybridized carbons (Fsp3) is 0.219. The van der Waals surface area contributed by atoms with Crippen LogP contribution in [0, 0.1) is 0 Å². The van der Waals surface area contributed by atoms with E-state index in [0.717, 1.165) is 28.2 Å². The van der Waals surface area contributed by atoms with Crippen LogP contribution in [-0.2, 0) is 37.9 Å². The maximum atomic E-state index is 11.9. The first-order chi connectivity index (χ1) is 19.4. The van der Waals surface area contributed by atoms with Crippen molar-refractivity contribution in [3.05, 3.63) is 125 Å². The number of nitrogens with zero attached hydrogens (tertiary/aromatic N) is 1. The number of hydrogen-bond donors (Lipinski definition) is 1. The number of esters is 1. The highest BCUT2D eigenvalue weighted by atomic mass is 16.5. The van der Waals surface area contributed by atoms with Crippen LogP contribution in [-0.4, -0.2) is 31.1 Å². The Morgan fingerprint density at radius 2 is 1.20 bits per heavy atom. The van der Waals surface area contributed by atoms with Gasteiger partial charge in [0.15, 0.2) is 0 Å². The van der Waals surface area contributed by atoms with Gasteiger partial charge in [-0.25, -0.2) is 0 Å². The first kappa shape index (κ1) is 28.3. The Morgan fingerprint density at radius 1 is 0.675 bits per heavy atom. The number of methoxy groups -OCH3 is 2. The number of nitrogens with two attached hydrogens (primary N) is 1. The summed E-state index contributed by atoms with van der Waals surface area (Å²) in [6, 6.07) is 31.0. The maximum Gasteiger partial charge on any atom is 0.306 e. The molecule has 4 aromatic rings. The largest absolute Gasteiger partial charge is 0.497 e. The highest BCUT2D eigenvalue weighted by Gasteiger charge is 2.38. The third kappa shape index (κ3) is 6.84. The number of pyridine rings is 1. The summed E-state index contributed by atoms with van der Waals surface area (Å²) in [6.45, 7) is 0.142. The van der Waals surface area contributed by atoms with Crippen molar-refractivity contribution < 1.29 is 28.5 Å². The predicted octanol–water partition coefficient (Wildman–Crippen LogP) is 4.92. The zero-order valence-electron chi connectivity index (χ0n) is 22.5. The van der Waals surface area contributed by atoms with Crippen molar-refractivity contribution >= 4 is 11.9 Å². The van der Waals surface area contributed by atoms with E-state index in [1.54, 1.807) is 20.3 Å². The number of carbonyl (C=O) groups is 2. The summed E-state index contributed by atoms with van der Waals surface area (Å²) < 4.78 is 22.9. The lowest BCUT2D eigenvalue weighted by Crippen LogP contribution is -2.33. The van der Waals surface area contributed by atoms with Crippen molar-refractivity contribution in [2.75, 3.05) is 14.2 Å². The molecule has 206 valence electrons. The number of carbonyl (C=O) groups excluding carboxylic acids is 2. The number of aromatic nitrogens is 1. The van der Waals surface area contributed by atoms with Crippen LogP contribution in [0.3, 0.4) is 0 Å². The number of primary amides is 1. The van der Waals surface area contributed by atoms with Gasteiger partial charge in [0.25, 0.3) is 0 Å². The van der Waals surface area contributed by atoms with Crippen molar-refractivity contribution in [2.24, 2.45) is 5.73 Å². The maximum absolute atomic E-state index is 11.9. The van der Waals surface area contributed by atoms with Crippen molar-refractivity contribution in [3.63, 3.8) is 0 Å². The Bertz CT molecular complexity index is 1360. The van der Waals surface area contributed by atoms with Crippen LogP contribution in [0.5, 0.6) is 11.5 Å². The number of benzene rings is 3. The summed E-state index contributed by atoms with van der Waals surface area (Å²) >= 11 is 0. The molecule has 0 bridgehead atoms. The fourth-order valence-corrected chi connectivity index (χ4v) is 4.40. The topological polar surface area (TPSA) is 110 Å². The van der Waals surface area contributed by atoms with Crippen molar-refractivity contribution in [1.29, 1.82) is 0 Å². The molecule has 8 nitrogen and oxygen atoms in total. The molecular weight excluding hydrogens is 508 g/mol. The second kappa shape index (κ2) is 13.4. The Balaban J connectivity index is 1.67. The van der Waals surface area contributed by atoms with E-state index >= 15 is 0 Å². The van der Waals surface area contributed by atoms with E-state index in [4.69, 9.17) is 24.7 Å². The molecule has 0 aliphatic heterocycles. The molecule has 0 saturated carbocycles. The highest BCUT2D eigenvalue weighted by Crippen LogP contribution is 2.42. The van der Waals surface area contributed by atoms with Gasteiger partial charge in [-0.3, -0.25) is 14.6 Å². The molecule has 0 fully saturated rings. The molecule has 3 aromatic carbocycles. The summed E-state index contributed by atoms with van der Waals surface area (Å²) in [7, 11) is 3.26. The lowest BCUT2D eigenvalue weighted by atomic mass is 9.80. The Hall–Kier alpha value is -4.69. The zero-order valence-corrected chi connectivity index (χ0v) is 22.5. The molecule has 0 atom stereocenters. The number of ether oxygens (including phenoxy) is 4. The second-order valence-corrected chi connectivity index (χ2v) is 9.04. The molecule has 0 radical (unpaired) electrons. The van der Waals surface area contributed by atoms with Crippen molar-refractivity contribution in [2.45, 2.75) is 31.7 Å². The molecule has 2 N–H and O–H groups in total. The minimum absolute atomic E-state index is 0.0216. The molecular formula is C32H32N2O6. The summed E-state index contributed by atoms with van der Waals surface area (Å²) in [5.41, 5.74) is 8.09. The Kier molecular flexibility index (Phi) is 9.48. The van der Waals surface area contributed by atoms with E-state index in [-0.39, 0.29) is 26.1 Å². The number of hydrogen-bond acceptors (Lipinski definition) is 7. The molecule has 0 spiro atoms. The van der Waals surface area contributed by atoms with Gasteiger partial charge in [-0.15, -0.1) is 0 Å². The van der Waals surface area contributed by atoms with E-state index < -0.39 is 17.5 Å². The van der Waals surface area contributed by atoms with Gasteiger partial charge in [-0.05, 0) is 53.1 Å². The van der Waals surface area contributed by atoms with Crippen LogP contribution in [0.4, 0.5) is 0 Å². The monoisotopic (exact) mass is 540 g/mol. The lowest BCUT2D eigenvalue weighted by Gasteiger charge is -2.36. The van der Waals surface area contributed by atoms with Gasteiger partial charge in [0.2, 0.25) is 5.91 Å². The average molecular weight is 541 g/mol.